The molecule has 0 bridgehead atoms. The van der Waals surface area contributed by atoms with Crippen molar-refractivity contribution in [3.63, 3.8) is 0 Å². The van der Waals surface area contributed by atoms with Crippen LogP contribution in [0.1, 0.15) is 10.4 Å². The van der Waals surface area contributed by atoms with Crippen molar-refractivity contribution in [1.29, 1.82) is 0 Å². The van der Waals surface area contributed by atoms with Crippen LogP contribution in [-0.4, -0.2) is 20.8 Å². The van der Waals surface area contributed by atoms with Crippen LogP contribution in [0.4, 0.5) is 33.1 Å². The average Bonchev–Trinajstić information content (AvgIpc) is 2.87. The molecule has 0 atom stereocenters. The number of nitrogens with one attached hydrogen (secondary N) is 3. The number of hydrazine groups is 2. The molecule has 11 heteroatoms. The zero-order chi connectivity index (χ0) is 23.9. The molecule has 34 heavy (non-hydrogen) atoms. The summed E-state index contributed by atoms with van der Waals surface area (Å²) in [5.41, 5.74) is 8.84. The molecule has 1 amide bonds. The molecular weight excluding hydrogens is 441 g/mol. The summed E-state index contributed by atoms with van der Waals surface area (Å²) >= 11 is 0. The number of carbonyl (C=O) groups excluding carboxylic acids is 1. The second-order valence-electron chi connectivity index (χ2n) is 6.88. The molecule has 1 aromatic heterocycles. The number of nitrogens with zero attached hydrogens (tertiary/aromatic N) is 4. The Bertz CT molecular complexity index is 1250. The number of nitro groups is 1. The maximum absolute atomic E-state index is 13.1. The van der Waals surface area contributed by atoms with Gasteiger partial charge < -0.3 is 0 Å². The minimum atomic E-state index is -0.664. The molecule has 170 valence electrons. The molecule has 0 fully saturated rings. The number of halogens is 1. The predicted octanol–water partition coefficient (Wildman–Crippen LogP) is 4.45. The van der Waals surface area contributed by atoms with Crippen LogP contribution in [0.5, 0.6) is 0 Å². The summed E-state index contributed by atoms with van der Waals surface area (Å²) < 4.78 is 13.1. The molecule has 0 unspecified atom stereocenters. The largest absolute Gasteiger partial charge is 0.356 e. The van der Waals surface area contributed by atoms with Crippen LogP contribution >= 0.6 is 0 Å². The van der Waals surface area contributed by atoms with Crippen LogP contribution in [0.25, 0.3) is 0 Å². The maximum atomic E-state index is 13.1. The fraction of sp³-hybridized carbons (Fsp3) is 0. The molecule has 3 aromatic carbocycles. The molecule has 0 radical (unpaired) electrons. The lowest BCUT2D eigenvalue weighted by atomic mass is 10.2. The van der Waals surface area contributed by atoms with Crippen molar-refractivity contribution >= 4 is 34.6 Å². The molecule has 0 aliphatic carbocycles. The van der Waals surface area contributed by atoms with Crippen molar-refractivity contribution in [3.8, 4) is 0 Å². The van der Waals surface area contributed by atoms with Gasteiger partial charge in [0, 0.05) is 5.56 Å². The first kappa shape index (κ1) is 22.1. The van der Waals surface area contributed by atoms with Gasteiger partial charge in [0.1, 0.15) is 12.1 Å². The van der Waals surface area contributed by atoms with E-state index in [0.717, 1.165) is 18.5 Å². The summed E-state index contributed by atoms with van der Waals surface area (Å²) in [4.78, 5) is 31.5. The number of carbonyl (C=O) groups is 1. The van der Waals surface area contributed by atoms with E-state index in [1.807, 2.05) is 60.7 Å². The number of rotatable bonds is 8. The molecule has 0 saturated carbocycles. The highest BCUT2D eigenvalue weighted by Gasteiger charge is 2.25. The number of aromatic nitrogens is 2. The van der Waals surface area contributed by atoms with E-state index in [-0.39, 0.29) is 17.2 Å². The minimum absolute atomic E-state index is 0.105. The smallest absolute Gasteiger partial charge is 0.276 e. The SMILES string of the molecule is O=C(NNc1ncnc(NN(c2ccccc2)c2ccccc2)c1[N+](=O)[O-])c1ccc(F)cc1. The molecule has 0 spiro atoms. The average molecular weight is 459 g/mol. The zero-order valence-corrected chi connectivity index (χ0v) is 17.6. The van der Waals surface area contributed by atoms with Gasteiger partial charge in [0.25, 0.3) is 5.91 Å². The van der Waals surface area contributed by atoms with E-state index in [1.165, 1.54) is 12.1 Å². The van der Waals surface area contributed by atoms with E-state index in [4.69, 9.17) is 0 Å². The van der Waals surface area contributed by atoms with E-state index >= 15 is 0 Å². The summed E-state index contributed by atoms with van der Waals surface area (Å²) in [5, 5.41) is 13.6. The fourth-order valence-electron chi connectivity index (χ4n) is 3.05. The summed E-state index contributed by atoms with van der Waals surface area (Å²) in [6, 6.07) is 23.2. The topological polar surface area (TPSA) is 125 Å². The van der Waals surface area contributed by atoms with Gasteiger partial charge in [-0.05, 0) is 48.5 Å². The summed E-state index contributed by atoms with van der Waals surface area (Å²) in [5.74, 6) is -1.46. The Hall–Kier alpha value is -5.06. The van der Waals surface area contributed by atoms with Gasteiger partial charge in [0.2, 0.25) is 11.6 Å². The minimum Gasteiger partial charge on any atom is -0.276 e. The molecule has 4 rings (SSSR count). The van der Waals surface area contributed by atoms with Crippen LogP contribution < -0.4 is 21.3 Å². The Balaban J connectivity index is 1.63. The zero-order valence-electron chi connectivity index (χ0n) is 17.6. The van der Waals surface area contributed by atoms with Gasteiger partial charge in [-0.2, -0.15) is 0 Å². The summed E-state index contributed by atoms with van der Waals surface area (Å²) in [6.45, 7) is 0. The van der Waals surface area contributed by atoms with Gasteiger partial charge in [-0.1, -0.05) is 36.4 Å². The molecular formula is C23H18FN7O3. The second-order valence-corrected chi connectivity index (χ2v) is 6.88. The van der Waals surface area contributed by atoms with Gasteiger partial charge in [0.15, 0.2) is 0 Å². The fourth-order valence-corrected chi connectivity index (χ4v) is 3.05. The van der Waals surface area contributed by atoms with Crippen molar-refractivity contribution in [2.24, 2.45) is 0 Å². The maximum Gasteiger partial charge on any atom is 0.356 e. The normalized spacial score (nSPS) is 10.3. The van der Waals surface area contributed by atoms with E-state index in [0.29, 0.717) is 11.4 Å². The lowest BCUT2D eigenvalue weighted by Crippen LogP contribution is -2.31. The molecule has 1 heterocycles. The van der Waals surface area contributed by atoms with Gasteiger partial charge in [-0.15, -0.1) is 0 Å². The van der Waals surface area contributed by atoms with Crippen LogP contribution in [-0.2, 0) is 0 Å². The Morgan fingerprint density at radius 3 is 1.97 bits per heavy atom. The standard InChI is InChI=1S/C23H18FN7O3/c24-17-13-11-16(12-14-17)23(32)28-27-21-20(31(33)34)22(26-15-25-21)29-30(18-7-3-1-4-8-18)19-9-5-2-6-10-19/h1-15H,(H,28,32)(H2,25,26,27,29). The Labute approximate surface area is 193 Å². The van der Waals surface area contributed by atoms with Crippen LogP contribution in [0.15, 0.2) is 91.3 Å². The lowest BCUT2D eigenvalue weighted by molar-refractivity contribution is -0.383. The van der Waals surface area contributed by atoms with Crippen LogP contribution in [0.3, 0.4) is 0 Å². The van der Waals surface area contributed by atoms with Crippen molar-refractivity contribution < 1.29 is 14.1 Å². The Morgan fingerprint density at radius 2 is 1.41 bits per heavy atom. The van der Waals surface area contributed by atoms with Crippen molar-refractivity contribution in [3.05, 3.63) is 113 Å². The highest BCUT2D eigenvalue weighted by atomic mass is 19.1. The molecule has 0 aliphatic rings. The highest BCUT2D eigenvalue weighted by molar-refractivity contribution is 5.95. The third-order valence-electron chi connectivity index (χ3n) is 4.65. The van der Waals surface area contributed by atoms with Crippen molar-refractivity contribution in [2.45, 2.75) is 0 Å². The predicted molar refractivity (Wildman–Crippen MR) is 125 cm³/mol. The Morgan fingerprint density at radius 1 is 0.853 bits per heavy atom. The molecule has 3 N–H and O–H groups in total. The van der Waals surface area contributed by atoms with E-state index in [9.17, 15) is 19.3 Å². The first-order chi connectivity index (χ1) is 16.5. The summed E-state index contributed by atoms with van der Waals surface area (Å²) in [7, 11) is 0. The first-order valence-electron chi connectivity index (χ1n) is 10.0. The highest BCUT2D eigenvalue weighted by Crippen LogP contribution is 2.32. The van der Waals surface area contributed by atoms with Crippen molar-refractivity contribution in [2.75, 3.05) is 15.9 Å². The van der Waals surface area contributed by atoms with Crippen molar-refractivity contribution in [1.82, 2.24) is 15.4 Å². The molecule has 0 aliphatic heterocycles. The summed E-state index contributed by atoms with van der Waals surface area (Å²) in [6.07, 6.45) is 1.12. The van der Waals surface area contributed by atoms with E-state index in [2.05, 4.69) is 26.2 Å². The molecule has 4 aromatic rings. The van der Waals surface area contributed by atoms with Crippen LogP contribution in [0, 0.1) is 15.9 Å². The van der Waals surface area contributed by atoms with Gasteiger partial charge in [0.05, 0.1) is 16.3 Å². The monoisotopic (exact) mass is 459 g/mol. The van der Waals surface area contributed by atoms with E-state index < -0.39 is 22.3 Å². The number of benzene rings is 3. The van der Waals surface area contributed by atoms with Gasteiger partial charge >= 0.3 is 5.69 Å². The van der Waals surface area contributed by atoms with Gasteiger partial charge in [-0.25, -0.2) is 14.4 Å². The van der Waals surface area contributed by atoms with Gasteiger partial charge in [-0.3, -0.25) is 36.2 Å². The second kappa shape index (κ2) is 10.0. The number of anilines is 4. The lowest BCUT2D eigenvalue weighted by Gasteiger charge is -2.26. The van der Waals surface area contributed by atoms with Crippen LogP contribution in [0.2, 0.25) is 0 Å². The molecule has 0 saturated heterocycles. The Kier molecular flexibility index (Phi) is 6.54. The first-order valence-corrected chi connectivity index (χ1v) is 10.0. The number of amides is 1. The third kappa shape index (κ3) is 5.05. The quantitative estimate of drug-likeness (QED) is 0.261. The molecule has 10 nitrogen and oxygen atoms in total. The third-order valence-corrected chi connectivity index (χ3v) is 4.65. The number of hydrogen-bond acceptors (Lipinski definition) is 8. The van der Waals surface area contributed by atoms with E-state index in [1.54, 1.807) is 5.01 Å². The number of hydrogen-bond donors (Lipinski definition) is 3. The number of para-hydroxylation sites is 2.